The SMILES string of the molecule is Cc1c(C(=O)N2Cc3nnn(-n4cccn4)c3CC2C)cccc1C(F)(F)F. The molecular formula is C18H17F3N6O. The molecule has 1 aliphatic rings. The van der Waals surface area contributed by atoms with Crippen LogP contribution < -0.4 is 0 Å². The number of carbonyl (C=O) groups excluding carboxylic acids is 1. The number of hydrogen-bond acceptors (Lipinski definition) is 4. The number of amides is 1. The van der Waals surface area contributed by atoms with Crippen LogP contribution in [-0.2, 0) is 19.1 Å². The summed E-state index contributed by atoms with van der Waals surface area (Å²) in [6.07, 6.45) is -0.699. The second kappa shape index (κ2) is 6.47. The lowest BCUT2D eigenvalue weighted by Gasteiger charge is -2.33. The van der Waals surface area contributed by atoms with Gasteiger partial charge in [0.05, 0.1) is 30.2 Å². The number of hydrogen-bond donors (Lipinski definition) is 0. The van der Waals surface area contributed by atoms with Crippen LogP contribution >= 0.6 is 0 Å². The van der Waals surface area contributed by atoms with Crippen molar-refractivity contribution in [2.45, 2.75) is 39.0 Å². The predicted octanol–water partition coefficient (Wildman–Crippen LogP) is 2.70. The molecule has 1 amide bonds. The number of fused-ring (bicyclic) bond motifs is 1. The van der Waals surface area contributed by atoms with E-state index in [4.69, 9.17) is 0 Å². The Hall–Kier alpha value is -3.17. The van der Waals surface area contributed by atoms with Gasteiger partial charge in [-0.3, -0.25) is 4.79 Å². The van der Waals surface area contributed by atoms with Gasteiger partial charge in [0.15, 0.2) is 0 Å². The molecule has 0 aliphatic carbocycles. The van der Waals surface area contributed by atoms with Crippen molar-refractivity contribution in [1.29, 1.82) is 0 Å². The Labute approximate surface area is 158 Å². The number of benzene rings is 1. The molecule has 1 unspecified atom stereocenters. The number of nitrogens with zero attached hydrogens (tertiary/aromatic N) is 6. The third kappa shape index (κ3) is 2.94. The Kier molecular flexibility index (Phi) is 4.20. The minimum atomic E-state index is -4.51. The lowest BCUT2D eigenvalue weighted by atomic mass is 9.98. The smallest absolute Gasteiger partial charge is 0.329 e. The summed E-state index contributed by atoms with van der Waals surface area (Å²) in [5, 5.41) is 12.3. The van der Waals surface area contributed by atoms with Crippen molar-refractivity contribution in [1.82, 2.24) is 29.9 Å². The Morgan fingerprint density at radius 3 is 2.71 bits per heavy atom. The van der Waals surface area contributed by atoms with Gasteiger partial charge in [-0.05, 0) is 42.8 Å². The second-order valence-corrected chi connectivity index (χ2v) is 6.76. The summed E-state index contributed by atoms with van der Waals surface area (Å²) in [6, 6.07) is 5.20. The summed E-state index contributed by atoms with van der Waals surface area (Å²) >= 11 is 0. The number of aromatic nitrogens is 5. The zero-order chi connectivity index (χ0) is 20.1. The number of rotatable bonds is 2. The maximum absolute atomic E-state index is 13.2. The third-order valence-corrected chi connectivity index (χ3v) is 4.98. The van der Waals surface area contributed by atoms with Gasteiger partial charge in [-0.25, -0.2) is 0 Å². The Balaban J connectivity index is 1.66. The molecule has 0 radical (unpaired) electrons. The van der Waals surface area contributed by atoms with Crippen LogP contribution in [0.2, 0.25) is 0 Å². The molecule has 2 aromatic heterocycles. The fourth-order valence-electron chi connectivity index (χ4n) is 3.49. The van der Waals surface area contributed by atoms with E-state index in [0.29, 0.717) is 12.1 Å². The van der Waals surface area contributed by atoms with E-state index in [-0.39, 0.29) is 23.7 Å². The molecule has 1 aromatic carbocycles. The van der Waals surface area contributed by atoms with Gasteiger partial charge < -0.3 is 4.90 Å². The molecule has 0 saturated heterocycles. The number of carbonyl (C=O) groups is 1. The first kappa shape index (κ1) is 18.2. The van der Waals surface area contributed by atoms with Crippen LogP contribution in [0.25, 0.3) is 0 Å². The van der Waals surface area contributed by atoms with Crippen LogP contribution in [0.4, 0.5) is 13.2 Å². The van der Waals surface area contributed by atoms with E-state index >= 15 is 0 Å². The van der Waals surface area contributed by atoms with E-state index in [1.165, 1.54) is 28.7 Å². The van der Waals surface area contributed by atoms with Crippen LogP contribution in [0, 0.1) is 6.92 Å². The summed E-state index contributed by atoms with van der Waals surface area (Å²) in [5.41, 5.74) is 0.601. The lowest BCUT2D eigenvalue weighted by molar-refractivity contribution is -0.138. The molecule has 3 heterocycles. The van der Waals surface area contributed by atoms with Crippen molar-refractivity contribution in [3.05, 3.63) is 64.7 Å². The lowest BCUT2D eigenvalue weighted by Crippen LogP contribution is -2.43. The minimum absolute atomic E-state index is 0.0459. The minimum Gasteiger partial charge on any atom is -0.329 e. The summed E-state index contributed by atoms with van der Waals surface area (Å²) in [5.74, 6) is -0.449. The summed E-state index contributed by atoms with van der Waals surface area (Å²) < 4.78 is 39.6. The maximum atomic E-state index is 13.2. The quantitative estimate of drug-likeness (QED) is 0.675. The average molecular weight is 390 g/mol. The van der Waals surface area contributed by atoms with Gasteiger partial charge in [0, 0.05) is 18.0 Å². The fourth-order valence-corrected chi connectivity index (χ4v) is 3.49. The summed E-state index contributed by atoms with van der Waals surface area (Å²) in [7, 11) is 0. The molecule has 1 aliphatic heterocycles. The van der Waals surface area contributed by atoms with Gasteiger partial charge in [-0.2, -0.15) is 23.1 Å². The first-order valence-electron chi connectivity index (χ1n) is 8.69. The maximum Gasteiger partial charge on any atom is 0.416 e. The molecular weight excluding hydrogens is 373 g/mol. The Morgan fingerprint density at radius 1 is 1.25 bits per heavy atom. The molecule has 0 saturated carbocycles. The van der Waals surface area contributed by atoms with Crippen LogP contribution in [0.1, 0.15) is 39.8 Å². The van der Waals surface area contributed by atoms with E-state index in [9.17, 15) is 18.0 Å². The van der Waals surface area contributed by atoms with Gasteiger partial charge in [0.25, 0.3) is 5.91 Å². The molecule has 28 heavy (non-hydrogen) atoms. The zero-order valence-corrected chi connectivity index (χ0v) is 15.2. The summed E-state index contributed by atoms with van der Waals surface area (Å²) in [4.78, 5) is 17.7. The third-order valence-electron chi connectivity index (χ3n) is 4.98. The molecule has 10 heteroatoms. The Bertz CT molecular complexity index is 1020. The van der Waals surface area contributed by atoms with Crippen LogP contribution in [0.5, 0.6) is 0 Å². The van der Waals surface area contributed by atoms with Gasteiger partial charge in [-0.15, -0.1) is 9.89 Å². The van der Waals surface area contributed by atoms with E-state index in [1.807, 2.05) is 6.92 Å². The molecule has 7 nitrogen and oxygen atoms in total. The van der Waals surface area contributed by atoms with Gasteiger partial charge >= 0.3 is 6.18 Å². The van der Waals surface area contributed by atoms with E-state index in [1.54, 1.807) is 23.3 Å². The standard InChI is InChI=1S/C18H17F3N6O/c1-11-9-16-15(23-24-27(16)26-8-4-7-22-26)10-25(11)17(28)13-5-3-6-14(12(13)2)18(19,20)21/h3-8,11H,9-10H2,1-2H3. The highest BCUT2D eigenvalue weighted by Gasteiger charge is 2.36. The van der Waals surface area contributed by atoms with Crippen molar-refractivity contribution in [3.63, 3.8) is 0 Å². The average Bonchev–Trinajstić information content (AvgIpc) is 3.28. The van der Waals surface area contributed by atoms with E-state index < -0.39 is 17.6 Å². The molecule has 0 spiro atoms. The topological polar surface area (TPSA) is 68.8 Å². The highest BCUT2D eigenvalue weighted by atomic mass is 19.4. The normalized spacial score (nSPS) is 16.9. The van der Waals surface area contributed by atoms with Crippen molar-refractivity contribution >= 4 is 5.91 Å². The highest BCUT2D eigenvalue weighted by molar-refractivity contribution is 5.96. The molecule has 3 aromatic rings. The number of alkyl halides is 3. The fraction of sp³-hybridized carbons (Fsp3) is 0.333. The molecule has 0 N–H and O–H groups in total. The predicted molar refractivity (Wildman–Crippen MR) is 92.3 cm³/mol. The zero-order valence-electron chi connectivity index (χ0n) is 15.2. The van der Waals surface area contributed by atoms with Crippen molar-refractivity contribution in [3.8, 4) is 0 Å². The van der Waals surface area contributed by atoms with Crippen molar-refractivity contribution in [2.75, 3.05) is 0 Å². The van der Waals surface area contributed by atoms with E-state index in [0.717, 1.165) is 11.8 Å². The highest BCUT2D eigenvalue weighted by Crippen LogP contribution is 2.34. The van der Waals surface area contributed by atoms with Crippen molar-refractivity contribution in [2.24, 2.45) is 0 Å². The van der Waals surface area contributed by atoms with Gasteiger partial charge in [-0.1, -0.05) is 6.07 Å². The molecule has 1 atom stereocenters. The summed E-state index contributed by atoms with van der Waals surface area (Å²) in [6.45, 7) is 3.35. The molecule has 146 valence electrons. The van der Waals surface area contributed by atoms with Crippen LogP contribution in [0.3, 0.4) is 0 Å². The van der Waals surface area contributed by atoms with Gasteiger partial charge in [0.1, 0.15) is 5.69 Å². The van der Waals surface area contributed by atoms with E-state index in [2.05, 4.69) is 15.4 Å². The largest absolute Gasteiger partial charge is 0.416 e. The van der Waals surface area contributed by atoms with Gasteiger partial charge in [0.2, 0.25) is 0 Å². The first-order valence-corrected chi connectivity index (χ1v) is 8.69. The molecule has 0 fully saturated rings. The Morgan fingerprint density at radius 2 is 2.04 bits per heavy atom. The van der Waals surface area contributed by atoms with Crippen LogP contribution in [-0.4, -0.2) is 41.8 Å². The van der Waals surface area contributed by atoms with Crippen molar-refractivity contribution < 1.29 is 18.0 Å². The monoisotopic (exact) mass is 390 g/mol. The second-order valence-electron chi connectivity index (χ2n) is 6.76. The molecule has 4 rings (SSSR count). The van der Waals surface area contributed by atoms with Crippen LogP contribution in [0.15, 0.2) is 36.7 Å². The first-order chi connectivity index (χ1) is 13.3. The number of halogens is 3. The molecule has 0 bridgehead atoms.